The van der Waals surface area contributed by atoms with E-state index in [1.165, 1.54) is 11.1 Å². The van der Waals surface area contributed by atoms with Crippen LogP contribution < -0.4 is 9.64 Å². The molecule has 3 aromatic rings. The van der Waals surface area contributed by atoms with Crippen LogP contribution >= 0.6 is 0 Å². The van der Waals surface area contributed by atoms with E-state index in [-0.39, 0.29) is 0 Å². The van der Waals surface area contributed by atoms with Crippen LogP contribution in [0.25, 0.3) is 17.2 Å². The molecule has 0 radical (unpaired) electrons. The normalized spacial score (nSPS) is 14.7. The molecule has 0 spiro atoms. The molecule has 2 heteroatoms. The molecule has 0 saturated heterocycles. The first-order chi connectivity index (χ1) is 11.3. The Morgan fingerprint density at radius 2 is 1.39 bits per heavy atom. The van der Waals surface area contributed by atoms with Crippen molar-refractivity contribution in [3.8, 4) is 16.9 Å². The molecule has 2 nitrogen and oxygen atoms in total. The van der Waals surface area contributed by atoms with Gasteiger partial charge in [-0.3, -0.25) is 0 Å². The van der Waals surface area contributed by atoms with Gasteiger partial charge in [0.25, 0.3) is 0 Å². The van der Waals surface area contributed by atoms with Crippen LogP contribution in [0, 0.1) is 0 Å². The molecule has 4 rings (SSSR count). The molecule has 3 aromatic carbocycles. The third-order valence-electron chi connectivity index (χ3n) is 4.08. The Morgan fingerprint density at radius 3 is 2.13 bits per heavy atom. The molecule has 0 unspecified atom stereocenters. The summed E-state index contributed by atoms with van der Waals surface area (Å²) in [7, 11) is 2.02. The zero-order valence-corrected chi connectivity index (χ0v) is 12.9. The van der Waals surface area contributed by atoms with Gasteiger partial charge in [0.15, 0.2) is 5.75 Å². The number of nitrogens with zero attached hydrogens (tertiary/aromatic N) is 1. The lowest BCUT2D eigenvalue weighted by Gasteiger charge is -2.11. The van der Waals surface area contributed by atoms with Crippen LogP contribution in [0.15, 0.2) is 84.7 Å². The summed E-state index contributed by atoms with van der Waals surface area (Å²) in [5.41, 5.74) is 4.67. The molecule has 0 amide bonds. The van der Waals surface area contributed by atoms with E-state index in [1.54, 1.807) is 0 Å². The lowest BCUT2D eigenvalue weighted by atomic mass is 10.0. The van der Waals surface area contributed by atoms with E-state index in [1.807, 2.05) is 31.3 Å². The highest BCUT2D eigenvalue weighted by atomic mass is 16.5. The van der Waals surface area contributed by atoms with E-state index in [0.29, 0.717) is 0 Å². The number of ether oxygens (including phenoxy) is 1. The molecule has 1 heterocycles. The Hall–Kier alpha value is -3.00. The first-order valence-electron chi connectivity index (χ1n) is 7.69. The lowest BCUT2D eigenvalue weighted by Crippen LogP contribution is -2.12. The summed E-state index contributed by atoms with van der Waals surface area (Å²) in [5, 5.41) is 0. The van der Waals surface area contributed by atoms with Gasteiger partial charge in [-0.25, -0.2) is 0 Å². The Balaban J connectivity index is 1.61. The van der Waals surface area contributed by atoms with Gasteiger partial charge in [0, 0.05) is 13.1 Å². The second-order valence-electron chi connectivity index (χ2n) is 5.60. The predicted octanol–water partition coefficient (Wildman–Crippen LogP) is 5.18. The third-order valence-corrected chi connectivity index (χ3v) is 4.08. The molecule has 112 valence electrons. The average molecular weight is 299 g/mol. The first kappa shape index (κ1) is 13.6. The fraction of sp³-hybridized carbons (Fsp3) is 0.0476. The monoisotopic (exact) mass is 299 g/mol. The summed E-state index contributed by atoms with van der Waals surface area (Å²) >= 11 is 0. The number of para-hydroxylation sites is 2. The zero-order chi connectivity index (χ0) is 15.6. The van der Waals surface area contributed by atoms with Crippen LogP contribution in [0.3, 0.4) is 0 Å². The summed E-state index contributed by atoms with van der Waals surface area (Å²) in [5.74, 6) is 1.75. The van der Waals surface area contributed by atoms with E-state index in [4.69, 9.17) is 4.74 Å². The van der Waals surface area contributed by atoms with Gasteiger partial charge in [-0.05, 0) is 28.8 Å². The van der Waals surface area contributed by atoms with Gasteiger partial charge in [-0.15, -0.1) is 0 Å². The second kappa shape index (κ2) is 5.65. The molecular formula is C21H17NO. The highest BCUT2D eigenvalue weighted by Crippen LogP contribution is 2.37. The van der Waals surface area contributed by atoms with Crippen LogP contribution in [0.4, 0.5) is 5.69 Å². The van der Waals surface area contributed by atoms with Crippen LogP contribution in [0.1, 0.15) is 5.56 Å². The van der Waals surface area contributed by atoms with Crippen molar-refractivity contribution >= 4 is 11.8 Å². The Morgan fingerprint density at radius 1 is 0.739 bits per heavy atom. The minimum atomic E-state index is 0.846. The van der Waals surface area contributed by atoms with Crippen LogP contribution in [-0.4, -0.2) is 7.05 Å². The fourth-order valence-corrected chi connectivity index (χ4v) is 2.79. The van der Waals surface area contributed by atoms with E-state index in [2.05, 4.69) is 65.6 Å². The summed E-state index contributed by atoms with van der Waals surface area (Å²) < 4.78 is 5.93. The predicted molar refractivity (Wildman–Crippen MR) is 95.3 cm³/mol. The zero-order valence-electron chi connectivity index (χ0n) is 12.9. The number of fused-ring (bicyclic) bond motifs is 1. The third kappa shape index (κ3) is 2.59. The molecular weight excluding hydrogens is 282 g/mol. The second-order valence-corrected chi connectivity index (χ2v) is 5.60. The van der Waals surface area contributed by atoms with Crippen molar-refractivity contribution in [3.63, 3.8) is 0 Å². The van der Waals surface area contributed by atoms with Crippen molar-refractivity contribution in [2.45, 2.75) is 0 Å². The summed E-state index contributed by atoms with van der Waals surface area (Å²) in [6.45, 7) is 0. The SMILES string of the molecule is CN1C(=Cc2ccc(-c3ccccc3)cc2)Oc2ccccc21. The van der Waals surface area contributed by atoms with Gasteiger partial charge in [-0.2, -0.15) is 0 Å². The quantitative estimate of drug-likeness (QED) is 0.646. The highest BCUT2D eigenvalue weighted by Gasteiger charge is 2.21. The highest BCUT2D eigenvalue weighted by molar-refractivity contribution is 5.71. The molecule has 0 saturated carbocycles. The van der Waals surface area contributed by atoms with Crippen LogP contribution in [0.5, 0.6) is 5.75 Å². The molecule has 0 atom stereocenters. The van der Waals surface area contributed by atoms with Crippen molar-refractivity contribution in [1.82, 2.24) is 0 Å². The van der Waals surface area contributed by atoms with E-state index >= 15 is 0 Å². The van der Waals surface area contributed by atoms with Gasteiger partial charge in [-0.1, -0.05) is 66.7 Å². The van der Waals surface area contributed by atoms with Crippen molar-refractivity contribution < 1.29 is 4.74 Å². The van der Waals surface area contributed by atoms with Gasteiger partial charge in [0.1, 0.15) is 0 Å². The topological polar surface area (TPSA) is 12.5 Å². The standard InChI is InChI=1S/C21H17NO/c1-22-19-9-5-6-10-20(19)23-21(22)15-16-11-13-18(14-12-16)17-7-3-2-4-8-17/h2-15H,1H3. The Bertz CT molecular complexity index is 851. The smallest absolute Gasteiger partial charge is 0.200 e. The van der Waals surface area contributed by atoms with Crippen molar-refractivity contribution in [2.24, 2.45) is 0 Å². The maximum absolute atomic E-state index is 5.93. The Kier molecular flexibility index (Phi) is 3.35. The number of benzene rings is 3. The molecule has 23 heavy (non-hydrogen) atoms. The maximum atomic E-state index is 5.93. The van der Waals surface area contributed by atoms with Gasteiger partial charge >= 0.3 is 0 Å². The minimum Gasteiger partial charge on any atom is -0.439 e. The molecule has 0 aliphatic carbocycles. The lowest BCUT2D eigenvalue weighted by molar-refractivity contribution is 0.449. The van der Waals surface area contributed by atoms with Crippen LogP contribution in [-0.2, 0) is 0 Å². The van der Waals surface area contributed by atoms with E-state index in [0.717, 1.165) is 22.9 Å². The molecule has 0 fully saturated rings. The first-order valence-corrected chi connectivity index (χ1v) is 7.69. The molecule has 1 aliphatic heterocycles. The Labute approximate surface area is 136 Å². The number of rotatable bonds is 2. The fourth-order valence-electron chi connectivity index (χ4n) is 2.79. The maximum Gasteiger partial charge on any atom is 0.200 e. The average Bonchev–Trinajstić information content (AvgIpc) is 2.93. The van der Waals surface area contributed by atoms with E-state index in [9.17, 15) is 0 Å². The summed E-state index contributed by atoms with van der Waals surface area (Å²) in [6, 6.07) is 27.0. The van der Waals surface area contributed by atoms with Gasteiger partial charge < -0.3 is 9.64 Å². The van der Waals surface area contributed by atoms with E-state index < -0.39 is 0 Å². The summed E-state index contributed by atoms with van der Waals surface area (Å²) in [4.78, 5) is 2.07. The minimum absolute atomic E-state index is 0.846. The molecule has 0 N–H and O–H groups in total. The van der Waals surface area contributed by atoms with Crippen molar-refractivity contribution in [2.75, 3.05) is 11.9 Å². The number of hydrogen-bond acceptors (Lipinski definition) is 2. The molecule has 1 aliphatic rings. The van der Waals surface area contributed by atoms with Crippen molar-refractivity contribution in [3.05, 3.63) is 90.3 Å². The molecule has 0 aromatic heterocycles. The number of anilines is 1. The largest absolute Gasteiger partial charge is 0.439 e. The van der Waals surface area contributed by atoms with Crippen molar-refractivity contribution in [1.29, 1.82) is 0 Å². The molecule has 0 bridgehead atoms. The summed E-state index contributed by atoms with van der Waals surface area (Å²) in [6.07, 6.45) is 2.06. The van der Waals surface area contributed by atoms with Gasteiger partial charge in [0.2, 0.25) is 5.88 Å². The number of hydrogen-bond donors (Lipinski definition) is 0. The van der Waals surface area contributed by atoms with Gasteiger partial charge in [0.05, 0.1) is 5.69 Å². The van der Waals surface area contributed by atoms with Crippen LogP contribution in [0.2, 0.25) is 0 Å².